The van der Waals surface area contributed by atoms with Gasteiger partial charge in [0.1, 0.15) is 13.2 Å². The predicted octanol–water partition coefficient (Wildman–Crippen LogP) is 5.64. The molecule has 0 radical (unpaired) electrons. The van der Waals surface area contributed by atoms with E-state index in [1.165, 1.54) is 16.7 Å². The number of rotatable bonds is 5. The second kappa shape index (κ2) is 11.5. The Morgan fingerprint density at radius 2 is 1.38 bits per heavy atom. The van der Waals surface area contributed by atoms with Gasteiger partial charge in [-0.25, -0.2) is 0 Å². The molecule has 1 unspecified atom stereocenters. The van der Waals surface area contributed by atoms with Crippen molar-refractivity contribution >= 4 is 24.8 Å². The van der Waals surface area contributed by atoms with Crippen LogP contribution in [0.4, 0.5) is 0 Å². The van der Waals surface area contributed by atoms with E-state index in [1.54, 1.807) is 0 Å². The molecule has 1 saturated heterocycles. The molecule has 0 aromatic heterocycles. The number of likely N-dealkylation sites (N-methyl/N-ethyl adjacent to an activating group) is 1. The lowest BCUT2D eigenvalue weighted by atomic mass is 9.86. The maximum absolute atomic E-state index is 5.84. The monoisotopic (exact) mass is 500 g/mol. The molecule has 2 aliphatic heterocycles. The van der Waals surface area contributed by atoms with Crippen molar-refractivity contribution in [3.05, 3.63) is 95.6 Å². The van der Waals surface area contributed by atoms with Crippen LogP contribution in [0.5, 0.6) is 11.5 Å². The van der Waals surface area contributed by atoms with Crippen LogP contribution in [0.1, 0.15) is 29.7 Å². The molecule has 1 fully saturated rings. The number of fused-ring (bicyclic) bond motifs is 1. The van der Waals surface area contributed by atoms with E-state index in [0.29, 0.717) is 13.2 Å². The molecule has 6 heteroatoms. The van der Waals surface area contributed by atoms with E-state index in [2.05, 4.69) is 103 Å². The summed E-state index contributed by atoms with van der Waals surface area (Å²) < 4.78 is 11.6. The highest BCUT2D eigenvalue weighted by Gasteiger charge is 2.39. The van der Waals surface area contributed by atoms with Crippen molar-refractivity contribution in [2.24, 2.45) is 0 Å². The van der Waals surface area contributed by atoms with Gasteiger partial charge in [0.2, 0.25) is 0 Å². The van der Waals surface area contributed by atoms with Gasteiger partial charge in [0.15, 0.2) is 11.5 Å². The maximum atomic E-state index is 5.84. The van der Waals surface area contributed by atoms with Crippen molar-refractivity contribution in [1.29, 1.82) is 0 Å². The summed E-state index contributed by atoms with van der Waals surface area (Å²) in [5.41, 5.74) is 4.01. The van der Waals surface area contributed by atoms with E-state index >= 15 is 0 Å². The van der Waals surface area contributed by atoms with Crippen molar-refractivity contribution in [3.8, 4) is 11.5 Å². The summed E-state index contributed by atoms with van der Waals surface area (Å²) in [5, 5.41) is 0. The summed E-state index contributed by atoms with van der Waals surface area (Å²) >= 11 is 0. The Balaban J connectivity index is 0.00000162. The first-order valence-electron chi connectivity index (χ1n) is 11.6. The minimum atomic E-state index is 0. The van der Waals surface area contributed by atoms with Gasteiger partial charge in [-0.1, -0.05) is 66.7 Å². The largest absolute Gasteiger partial charge is 0.486 e. The Labute approximate surface area is 215 Å². The number of hydrogen-bond donors (Lipinski definition) is 0. The van der Waals surface area contributed by atoms with Crippen LogP contribution in [0.15, 0.2) is 78.9 Å². The number of nitrogens with zero attached hydrogens (tertiary/aromatic N) is 2. The van der Waals surface area contributed by atoms with Gasteiger partial charge in [-0.2, -0.15) is 0 Å². The molecule has 0 N–H and O–H groups in total. The molecule has 0 aliphatic carbocycles. The summed E-state index contributed by atoms with van der Waals surface area (Å²) in [6.07, 6.45) is 0.965. The molecule has 182 valence electrons. The van der Waals surface area contributed by atoms with E-state index < -0.39 is 0 Å². The van der Waals surface area contributed by atoms with Crippen LogP contribution >= 0.6 is 24.8 Å². The first-order valence-corrected chi connectivity index (χ1v) is 11.6. The summed E-state index contributed by atoms with van der Waals surface area (Å²) in [6.45, 7) is 6.72. The number of hydrogen-bond acceptors (Lipinski definition) is 4. The van der Waals surface area contributed by atoms with Gasteiger partial charge in [0.25, 0.3) is 0 Å². The highest BCUT2D eigenvalue weighted by molar-refractivity contribution is 5.85. The predicted molar refractivity (Wildman–Crippen MR) is 143 cm³/mol. The third-order valence-electron chi connectivity index (χ3n) is 6.98. The molecule has 0 bridgehead atoms. The van der Waals surface area contributed by atoms with E-state index in [0.717, 1.165) is 37.6 Å². The fourth-order valence-electron chi connectivity index (χ4n) is 5.12. The molecule has 5 rings (SSSR count). The second-order valence-corrected chi connectivity index (χ2v) is 9.27. The van der Waals surface area contributed by atoms with Gasteiger partial charge in [-0.15, -0.1) is 24.8 Å². The molecule has 3 aromatic carbocycles. The fourth-order valence-corrected chi connectivity index (χ4v) is 5.12. The maximum Gasteiger partial charge on any atom is 0.161 e. The summed E-state index contributed by atoms with van der Waals surface area (Å²) in [6, 6.07) is 28.5. The van der Waals surface area contributed by atoms with E-state index in [4.69, 9.17) is 9.47 Å². The van der Waals surface area contributed by atoms with Crippen LogP contribution in [-0.2, 0) is 6.42 Å². The molecule has 0 spiro atoms. The van der Waals surface area contributed by atoms with Crippen molar-refractivity contribution in [3.63, 3.8) is 0 Å². The topological polar surface area (TPSA) is 24.9 Å². The molecule has 4 nitrogen and oxygen atoms in total. The molecular formula is C28H34Cl2N2O2. The van der Waals surface area contributed by atoms with Crippen LogP contribution in [0.2, 0.25) is 0 Å². The van der Waals surface area contributed by atoms with E-state index in [-0.39, 0.29) is 36.4 Å². The lowest BCUT2D eigenvalue weighted by Gasteiger charge is -2.50. The third-order valence-corrected chi connectivity index (χ3v) is 6.98. The molecule has 3 aromatic rings. The zero-order valence-corrected chi connectivity index (χ0v) is 21.5. The van der Waals surface area contributed by atoms with Gasteiger partial charge >= 0.3 is 0 Å². The lowest BCUT2D eigenvalue weighted by Crippen LogP contribution is -2.60. The highest BCUT2D eigenvalue weighted by atomic mass is 35.5. The number of halogens is 2. The lowest BCUT2D eigenvalue weighted by molar-refractivity contribution is 0.0133. The van der Waals surface area contributed by atoms with E-state index in [1.807, 2.05) is 0 Å². The Morgan fingerprint density at radius 3 is 2.00 bits per heavy atom. The number of piperazine rings is 1. The van der Waals surface area contributed by atoms with Gasteiger partial charge in [0.05, 0.1) is 6.04 Å². The Kier molecular flexibility index (Phi) is 8.89. The Hall–Kier alpha value is -2.24. The van der Waals surface area contributed by atoms with Gasteiger partial charge < -0.3 is 9.47 Å². The molecule has 2 aliphatic rings. The van der Waals surface area contributed by atoms with Crippen LogP contribution in [0.25, 0.3) is 0 Å². The van der Waals surface area contributed by atoms with Crippen molar-refractivity contribution in [2.75, 3.05) is 39.9 Å². The summed E-state index contributed by atoms with van der Waals surface area (Å²) in [4.78, 5) is 5.18. The zero-order valence-electron chi connectivity index (χ0n) is 19.9. The molecular weight excluding hydrogens is 467 g/mol. The summed E-state index contributed by atoms with van der Waals surface area (Å²) in [7, 11) is 2.26. The second-order valence-electron chi connectivity index (χ2n) is 9.27. The Morgan fingerprint density at radius 1 is 0.794 bits per heavy atom. The molecule has 2 heterocycles. The normalized spacial score (nSPS) is 20.3. The minimum Gasteiger partial charge on any atom is -0.486 e. The van der Waals surface area contributed by atoms with Crippen molar-refractivity contribution in [1.82, 2.24) is 9.80 Å². The number of ether oxygens (including phenoxy) is 2. The van der Waals surface area contributed by atoms with Crippen LogP contribution in [0, 0.1) is 0 Å². The van der Waals surface area contributed by atoms with E-state index in [9.17, 15) is 0 Å². The first-order chi connectivity index (χ1) is 15.6. The van der Waals surface area contributed by atoms with Crippen LogP contribution < -0.4 is 9.47 Å². The van der Waals surface area contributed by atoms with Crippen LogP contribution in [0.3, 0.4) is 0 Å². The fraction of sp³-hybridized carbons (Fsp3) is 0.357. The SMILES string of the molecule is CN1CCN(C(c2ccccc2)c2ccccc2)CC1(C)Cc1ccc2c(c1)OCCO2.Cl.Cl. The average Bonchev–Trinajstić information content (AvgIpc) is 2.83. The quantitative estimate of drug-likeness (QED) is 0.452. The van der Waals surface area contributed by atoms with Crippen LogP contribution in [-0.4, -0.2) is 55.2 Å². The molecule has 1 atom stereocenters. The summed E-state index contributed by atoms with van der Waals surface area (Å²) in [5.74, 6) is 1.73. The van der Waals surface area contributed by atoms with Crippen molar-refractivity contribution in [2.45, 2.75) is 24.9 Å². The standard InChI is InChI=1S/C28H32N2O2.2ClH/c1-28(20-22-13-14-25-26(19-22)32-18-17-31-25)21-30(16-15-29(28)2)27(23-9-5-3-6-10-23)24-11-7-4-8-12-24;;/h3-14,19,27H,15-18,20-21H2,1-2H3;2*1H. The zero-order chi connectivity index (χ0) is 22.0. The third kappa shape index (κ3) is 5.52. The molecule has 34 heavy (non-hydrogen) atoms. The van der Waals surface area contributed by atoms with Gasteiger partial charge in [0, 0.05) is 25.2 Å². The highest BCUT2D eigenvalue weighted by Crippen LogP contribution is 2.36. The first kappa shape index (κ1) is 26.4. The van der Waals surface area contributed by atoms with Gasteiger partial charge in [-0.3, -0.25) is 9.80 Å². The molecule has 0 amide bonds. The van der Waals surface area contributed by atoms with Gasteiger partial charge in [-0.05, 0) is 49.2 Å². The smallest absolute Gasteiger partial charge is 0.161 e. The minimum absolute atomic E-state index is 0. The van der Waals surface area contributed by atoms with Crippen molar-refractivity contribution < 1.29 is 9.47 Å². The average molecular weight is 501 g/mol. The Bertz CT molecular complexity index is 1010. The molecule has 0 saturated carbocycles. The number of benzene rings is 3.